The molecule has 1 heterocycles. The Bertz CT molecular complexity index is 973. The van der Waals surface area contributed by atoms with Gasteiger partial charge in [-0.2, -0.15) is 5.10 Å². The van der Waals surface area contributed by atoms with Crippen LogP contribution in [0.15, 0.2) is 65.8 Å². The average molecular weight is 375 g/mol. The second-order valence-electron chi connectivity index (χ2n) is 7.04. The van der Waals surface area contributed by atoms with Gasteiger partial charge in [0.15, 0.2) is 11.5 Å². The third kappa shape index (κ3) is 4.10. The molecule has 3 aromatic rings. The van der Waals surface area contributed by atoms with Gasteiger partial charge in [-0.1, -0.05) is 42.5 Å². The number of methoxy groups -OCH3 is 1. The second-order valence-corrected chi connectivity index (χ2v) is 7.04. The molecule has 0 unspecified atom stereocenters. The van der Waals surface area contributed by atoms with Gasteiger partial charge in [0.1, 0.15) is 0 Å². The zero-order chi connectivity index (χ0) is 19.3. The fourth-order valence-electron chi connectivity index (χ4n) is 3.61. The molecule has 0 amide bonds. The van der Waals surface area contributed by atoms with Gasteiger partial charge in [-0.3, -0.25) is 9.91 Å². The highest BCUT2D eigenvalue weighted by Gasteiger charge is 2.16. The molecule has 4 rings (SSSR count). The van der Waals surface area contributed by atoms with Crippen LogP contribution in [0.5, 0.6) is 11.5 Å². The third-order valence-corrected chi connectivity index (χ3v) is 5.20. The topological polar surface area (TPSA) is 48.3 Å². The zero-order valence-corrected chi connectivity index (χ0v) is 16.1. The van der Waals surface area contributed by atoms with Crippen molar-refractivity contribution in [2.75, 3.05) is 33.3 Å². The summed E-state index contributed by atoms with van der Waals surface area (Å²) in [6.45, 7) is 4.74. The van der Waals surface area contributed by atoms with E-state index >= 15 is 0 Å². The minimum atomic E-state index is 0.140. The molecule has 1 aliphatic heterocycles. The fourth-order valence-corrected chi connectivity index (χ4v) is 3.61. The number of benzene rings is 3. The molecule has 28 heavy (non-hydrogen) atoms. The lowest BCUT2D eigenvalue weighted by Gasteiger charge is -2.33. The van der Waals surface area contributed by atoms with E-state index in [1.165, 1.54) is 16.3 Å². The molecule has 0 aliphatic carbocycles. The van der Waals surface area contributed by atoms with Crippen molar-refractivity contribution in [3.8, 4) is 11.5 Å². The van der Waals surface area contributed by atoms with E-state index in [-0.39, 0.29) is 5.75 Å². The minimum absolute atomic E-state index is 0.140. The molecular weight excluding hydrogens is 350 g/mol. The van der Waals surface area contributed by atoms with Gasteiger partial charge in [0.05, 0.1) is 13.3 Å². The van der Waals surface area contributed by atoms with Crippen LogP contribution in [0.4, 0.5) is 0 Å². The van der Waals surface area contributed by atoms with Gasteiger partial charge < -0.3 is 9.84 Å². The Morgan fingerprint density at radius 3 is 2.61 bits per heavy atom. The van der Waals surface area contributed by atoms with Crippen LogP contribution in [0, 0.1) is 0 Å². The number of ether oxygens (including phenoxy) is 1. The van der Waals surface area contributed by atoms with Crippen molar-refractivity contribution < 1.29 is 9.84 Å². The van der Waals surface area contributed by atoms with Gasteiger partial charge in [-0.15, -0.1) is 0 Å². The van der Waals surface area contributed by atoms with E-state index in [0.29, 0.717) is 5.75 Å². The van der Waals surface area contributed by atoms with Gasteiger partial charge >= 0.3 is 0 Å². The number of hydrogen-bond acceptors (Lipinski definition) is 5. The largest absolute Gasteiger partial charge is 0.504 e. The summed E-state index contributed by atoms with van der Waals surface area (Å²) in [4.78, 5) is 2.48. The van der Waals surface area contributed by atoms with Gasteiger partial charge in [0.25, 0.3) is 0 Å². The molecule has 5 nitrogen and oxygen atoms in total. The lowest BCUT2D eigenvalue weighted by atomic mass is 10.0. The van der Waals surface area contributed by atoms with Crippen LogP contribution in [-0.4, -0.2) is 54.5 Å². The number of hydrogen-bond donors (Lipinski definition) is 1. The van der Waals surface area contributed by atoms with E-state index in [9.17, 15) is 5.11 Å². The lowest BCUT2D eigenvalue weighted by molar-refractivity contribution is 0.131. The highest BCUT2D eigenvalue weighted by Crippen LogP contribution is 2.25. The summed E-state index contributed by atoms with van der Waals surface area (Å²) >= 11 is 0. The average Bonchev–Trinajstić information content (AvgIpc) is 2.74. The predicted octanol–water partition coefficient (Wildman–Crippen LogP) is 3.71. The SMILES string of the molecule is COc1cc(/C=N/N2CCN(Cc3cccc4ccccc34)CC2)ccc1O. The van der Waals surface area contributed by atoms with E-state index in [1.807, 2.05) is 12.3 Å². The monoisotopic (exact) mass is 375 g/mol. The quantitative estimate of drug-likeness (QED) is 0.691. The molecule has 1 saturated heterocycles. The van der Waals surface area contributed by atoms with Gasteiger partial charge in [0.2, 0.25) is 0 Å². The van der Waals surface area contributed by atoms with Crippen molar-refractivity contribution in [2.24, 2.45) is 5.10 Å². The molecule has 0 spiro atoms. The molecule has 1 N–H and O–H groups in total. The summed E-state index contributed by atoms with van der Waals surface area (Å²) in [7, 11) is 1.55. The fraction of sp³-hybridized carbons (Fsp3) is 0.261. The maximum Gasteiger partial charge on any atom is 0.161 e. The van der Waals surface area contributed by atoms with Gasteiger partial charge in [0, 0.05) is 32.7 Å². The minimum Gasteiger partial charge on any atom is -0.504 e. The van der Waals surface area contributed by atoms with E-state index in [4.69, 9.17) is 4.74 Å². The summed E-state index contributed by atoms with van der Waals surface area (Å²) < 4.78 is 5.15. The first-order valence-electron chi connectivity index (χ1n) is 9.58. The highest BCUT2D eigenvalue weighted by molar-refractivity contribution is 5.85. The normalized spacial score (nSPS) is 15.4. The van der Waals surface area contributed by atoms with Crippen LogP contribution in [0.25, 0.3) is 10.8 Å². The van der Waals surface area contributed by atoms with Gasteiger partial charge in [-0.05, 0) is 40.1 Å². The molecule has 3 aromatic carbocycles. The standard InChI is InChI=1S/C23H25N3O2/c1-28-23-15-18(9-10-22(23)27)16-24-26-13-11-25(12-14-26)17-20-7-4-6-19-5-2-3-8-21(19)20/h2-10,15-16,27H,11-14,17H2,1H3/b24-16+. The number of piperazine rings is 1. The molecule has 0 radical (unpaired) electrons. The summed E-state index contributed by atoms with van der Waals surface area (Å²) in [5.74, 6) is 0.602. The summed E-state index contributed by atoms with van der Waals surface area (Å²) in [6, 6.07) is 20.4. The van der Waals surface area contributed by atoms with Crippen LogP contribution in [-0.2, 0) is 6.54 Å². The number of hydrazone groups is 1. The lowest BCUT2D eigenvalue weighted by Crippen LogP contribution is -2.43. The second kappa shape index (κ2) is 8.31. The summed E-state index contributed by atoms with van der Waals surface area (Å²) in [5, 5.41) is 19.0. The molecule has 0 saturated carbocycles. The third-order valence-electron chi connectivity index (χ3n) is 5.20. The molecule has 144 valence electrons. The molecule has 0 atom stereocenters. The number of phenols is 1. The Kier molecular flexibility index (Phi) is 5.44. The van der Waals surface area contributed by atoms with E-state index in [1.54, 1.807) is 19.2 Å². The van der Waals surface area contributed by atoms with Gasteiger partial charge in [-0.25, -0.2) is 0 Å². The van der Waals surface area contributed by atoms with E-state index in [0.717, 1.165) is 38.3 Å². The predicted molar refractivity (Wildman–Crippen MR) is 113 cm³/mol. The van der Waals surface area contributed by atoms with Crippen molar-refractivity contribution in [1.29, 1.82) is 0 Å². The molecule has 1 fully saturated rings. The zero-order valence-electron chi connectivity index (χ0n) is 16.1. The van der Waals surface area contributed by atoms with Crippen LogP contribution < -0.4 is 4.74 Å². The first-order chi connectivity index (χ1) is 13.7. The van der Waals surface area contributed by atoms with Crippen LogP contribution in [0.1, 0.15) is 11.1 Å². The molecule has 0 bridgehead atoms. The number of nitrogens with zero attached hydrogens (tertiary/aromatic N) is 3. The van der Waals surface area contributed by atoms with Crippen LogP contribution in [0.2, 0.25) is 0 Å². The highest BCUT2D eigenvalue weighted by atomic mass is 16.5. The first kappa shape index (κ1) is 18.3. The molecule has 0 aromatic heterocycles. The smallest absolute Gasteiger partial charge is 0.161 e. The molecule has 1 aliphatic rings. The maximum atomic E-state index is 9.68. The Balaban J connectivity index is 1.36. The van der Waals surface area contributed by atoms with Crippen LogP contribution in [0.3, 0.4) is 0 Å². The number of phenolic OH excluding ortho intramolecular Hbond substituents is 1. The van der Waals surface area contributed by atoms with Crippen molar-refractivity contribution in [3.05, 3.63) is 71.8 Å². The molecule has 5 heteroatoms. The van der Waals surface area contributed by atoms with Crippen molar-refractivity contribution in [3.63, 3.8) is 0 Å². The molecular formula is C23H25N3O2. The van der Waals surface area contributed by atoms with E-state index < -0.39 is 0 Å². The van der Waals surface area contributed by atoms with E-state index in [2.05, 4.69) is 57.5 Å². The van der Waals surface area contributed by atoms with Crippen molar-refractivity contribution in [1.82, 2.24) is 9.91 Å². The van der Waals surface area contributed by atoms with Crippen LogP contribution >= 0.6 is 0 Å². The Morgan fingerprint density at radius 2 is 1.79 bits per heavy atom. The number of rotatable bonds is 5. The summed E-state index contributed by atoms with van der Waals surface area (Å²) in [5.41, 5.74) is 2.29. The number of fused-ring (bicyclic) bond motifs is 1. The number of aromatic hydroxyl groups is 1. The summed E-state index contributed by atoms with van der Waals surface area (Å²) in [6.07, 6.45) is 1.82. The first-order valence-corrected chi connectivity index (χ1v) is 9.58. The Morgan fingerprint density at radius 1 is 1.00 bits per heavy atom. The Labute approximate surface area is 165 Å². The Hall–Kier alpha value is -3.05. The van der Waals surface area contributed by atoms with Crippen molar-refractivity contribution in [2.45, 2.75) is 6.54 Å². The maximum absolute atomic E-state index is 9.68. The van der Waals surface area contributed by atoms with Crippen molar-refractivity contribution >= 4 is 17.0 Å².